The third-order valence-electron chi connectivity index (χ3n) is 3.07. The van der Waals surface area contributed by atoms with Crippen molar-refractivity contribution in [3.8, 4) is 5.69 Å². The Kier molecular flexibility index (Phi) is 3.97. The first-order valence-corrected chi connectivity index (χ1v) is 6.30. The van der Waals surface area contributed by atoms with E-state index in [1.165, 1.54) is 0 Å². The number of amides is 1. The molecule has 1 amide bonds. The van der Waals surface area contributed by atoms with Gasteiger partial charge in [0.05, 0.1) is 5.69 Å². The number of para-hydroxylation sites is 1. The van der Waals surface area contributed by atoms with Crippen LogP contribution in [0.5, 0.6) is 0 Å². The van der Waals surface area contributed by atoms with E-state index >= 15 is 0 Å². The van der Waals surface area contributed by atoms with Gasteiger partial charge >= 0.3 is 0 Å². The van der Waals surface area contributed by atoms with Crippen LogP contribution in [0.25, 0.3) is 5.69 Å². The molecule has 2 rings (SSSR count). The molecule has 0 fully saturated rings. The van der Waals surface area contributed by atoms with Gasteiger partial charge in [0.15, 0.2) is 5.69 Å². The van der Waals surface area contributed by atoms with Crippen LogP contribution in [0.1, 0.15) is 35.4 Å². The fourth-order valence-corrected chi connectivity index (χ4v) is 1.94. The second-order valence-corrected chi connectivity index (χ2v) is 4.30. The van der Waals surface area contributed by atoms with Gasteiger partial charge in [-0.15, -0.1) is 0 Å². The molecule has 3 N–H and O–H groups in total. The van der Waals surface area contributed by atoms with Gasteiger partial charge in [-0.3, -0.25) is 4.79 Å². The lowest BCUT2D eigenvalue weighted by atomic mass is 10.0. The molecule has 1 aromatic carbocycles. The summed E-state index contributed by atoms with van der Waals surface area (Å²) in [5.74, 6) is -0.198. The van der Waals surface area contributed by atoms with Gasteiger partial charge in [0, 0.05) is 19.3 Å². The molecule has 1 heterocycles. The maximum absolute atomic E-state index is 11.5. The summed E-state index contributed by atoms with van der Waals surface area (Å²) >= 11 is 0. The average molecular weight is 258 g/mol. The largest absolute Gasteiger partial charge is 0.354 e. The molecule has 0 spiro atoms. The molecule has 0 radical (unpaired) electrons. The van der Waals surface area contributed by atoms with Crippen molar-refractivity contribution in [3.63, 3.8) is 0 Å². The van der Waals surface area contributed by atoms with Crippen molar-refractivity contribution in [1.29, 1.82) is 0 Å². The molecular formula is C14H18N4O. The fraction of sp³-hybridized carbons (Fsp3) is 0.286. The highest BCUT2D eigenvalue weighted by molar-refractivity contribution is 5.91. The van der Waals surface area contributed by atoms with E-state index in [2.05, 4.69) is 10.4 Å². The van der Waals surface area contributed by atoms with Gasteiger partial charge in [0.1, 0.15) is 0 Å². The maximum atomic E-state index is 11.5. The SMILES string of the molecule is CCC(N)c1ccccc1-n1ccc(C(=O)NC)n1. The predicted molar refractivity (Wildman–Crippen MR) is 74.2 cm³/mol. The lowest BCUT2D eigenvalue weighted by Crippen LogP contribution is -2.19. The summed E-state index contributed by atoms with van der Waals surface area (Å²) in [6.07, 6.45) is 2.62. The van der Waals surface area contributed by atoms with E-state index in [1.807, 2.05) is 31.2 Å². The van der Waals surface area contributed by atoms with E-state index in [0.29, 0.717) is 5.69 Å². The van der Waals surface area contributed by atoms with E-state index in [1.54, 1.807) is 24.0 Å². The molecule has 19 heavy (non-hydrogen) atoms. The molecular weight excluding hydrogens is 240 g/mol. The lowest BCUT2D eigenvalue weighted by molar-refractivity contribution is 0.0957. The maximum Gasteiger partial charge on any atom is 0.271 e. The molecule has 2 aromatic rings. The molecule has 5 nitrogen and oxygen atoms in total. The number of rotatable bonds is 4. The van der Waals surface area contributed by atoms with Crippen LogP contribution in [0.4, 0.5) is 0 Å². The monoisotopic (exact) mass is 258 g/mol. The van der Waals surface area contributed by atoms with Crippen molar-refractivity contribution in [2.45, 2.75) is 19.4 Å². The first-order chi connectivity index (χ1) is 9.17. The zero-order valence-electron chi connectivity index (χ0n) is 11.1. The molecule has 1 atom stereocenters. The Morgan fingerprint density at radius 1 is 1.42 bits per heavy atom. The smallest absolute Gasteiger partial charge is 0.271 e. The zero-order chi connectivity index (χ0) is 13.8. The van der Waals surface area contributed by atoms with Gasteiger partial charge in [-0.05, 0) is 24.1 Å². The number of benzene rings is 1. The third kappa shape index (κ3) is 2.66. The first-order valence-electron chi connectivity index (χ1n) is 6.30. The summed E-state index contributed by atoms with van der Waals surface area (Å²) in [4.78, 5) is 11.5. The number of aromatic nitrogens is 2. The minimum atomic E-state index is -0.198. The van der Waals surface area contributed by atoms with E-state index in [0.717, 1.165) is 17.7 Å². The summed E-state index contributed by atoms with van der Waals surface area (Å²) in [6.45, 7) is 2.04. The van der Waals surface area contributed by atoms with Crippen LogP contribution in [-0.2, 0) is 0 Å². The van der Waals surface area contributed by atoms with Crippen molar-refractivity contribution >= 4 is 5.91 Å². The Balaban J connectivity index is 2.42. The molecule has 0 saturated carbocycles. The average Bonchev–Trinajstić information content (AvgIpc) is 2.95. The molecule has 5 heteroatoms. The molecule has 0 aliphatic carbocycles. The Labute approximate surface area is 112 Å². The number of hydrogen-bond acceptors (Lipinski definition) is 3. The summed E-state index contributed by atoms with van der Waals surface area (Å²) in [6, 6.07) is 9.48. The highest BCUT2D eigenvalue weighted by Gasteiger charge is 2.13. The van der Waals surface area contributed by atoms with Gasteiger partial charge in [-0.25, -0.2) is 4.68 Å². The van der Waals surface area contributed by atoms with Gasteiger partial charge in [0.25, 0.3) is 5.91 Å². The Morgan fingerprint density at radius 2 is 2.16 bits per heavy atom. The zero-order valence-corrected chi connectivity index (χ0v) is 11.1. The lowest BCUT2D eigenvalue weighted by Gasteiger charge is -2.14. The molecule has 1 unspecified atom stereocenters. The summed E-state index contributed by atoms with van der Waals surface area (Å²) in [5, 5.41) is 6.83. The topological polar surface area (TPSA) is 72.9 Å². The van der Waals surface area contributed by atoms with Crippen LogP contribution >= 0.6 is 0 Å². The van der Waals surface area contributed by atoms with Gasteiger partial charge in [-0.2, -0.15) is 5.10 Å². The number of nitrogens with zero attached hydrogens (tertiary/aromatic N) is 2. The second-order valence-electron chi connectivity index (χ2n) is 4.30. The van der Waals surface area contributed by atoms with Crippen LogP contribution in [0.2, 0.25) is 0 Å². The number of hydrogen-bond donors (Lipinski definition) is 2. The highest BCUT2D eigenvalue weighted by Crippen LogP contribution is 2.21. The van der Waals surface area contributed by atoms with Crippen molar-refractivity contribution < 1.29 is 4.79 Å². The van der Waals surface area contributed by atoms with Crippen molar-refractivity contribution in [2.24, 2.45) is 5.73 Å². The van der Waals surface area contributed by atoms with Crippen LogP contribution in [-0.4, -0.2) is 22.7 Å². The van der Waals surface area contributed by atoms with E-state index in [9.17, 15) is 4.79 Å². The van der Waals surface area contributed by atoms with E-state index in [-0.39, 0.29) is 11.9 Å². The Bertz CT molecular complexity index is 576. The van der Waals surface area contributed by atoms with Gasteiger partial charge in [0.2, 0.25) is 0 Å². The van der Waals surface area contributed by atoms with Crippen molar-refractivity contribution in [2.75, 3.05) is 7.05 Å². The predicted octanol–water partition coefficient (Wildman–Crippen LogP) is 1.64. The normalized spacial score (nSPS) is 12.2. The number of nitrogens with one attached hydrogen (secondary N) is 1. The molecule has 0 bridgehead atoms. The first kappa shape index (κ1) is 13.3. The van der Waals surface area contributed by atoms with Crippen LogP contribution < -0.4 is 11.1 Å². The second kappa shape index (κ2) is 5.67. The Hall–Kier alpha value is -2.14. The number of carbonyl (C=O) groups is 1. The highest BCUT2D eigenvalue weighted by atomic mass is 16.1. The minimum absolute atomic E-state index is 0.0381. The van der Waals surface area contributed by atoms with Crippen molar-refractivity contribution in [1.82, 2.24) is 15.1 Å². The third-order valence-corrected chi connectivity index (χ3v) is 3.07. The quantitative estimate of drug-likeness (QED) is 0.875. The standard InChI is InChI=1S/C14H18N4O/c1-3-11(15)10-6-4-5-7-13(10)18-9-8-12(17-18)14(19)16-2/h4-9,11H,3,15H2,1-2H3,(H,16,19). The van der Waals surface area contributed by atoms with Gasteiger partial charge in [-0.1, -0.05) is 25.1 Å². The van der Waals surface area contributed by atoms with Crippen molar-refractivity contribution in [3.05, 3.63) is 47.8 Å². The minimum Gasteiger partial charge on any atom is -0.354 e. The number of nitrogens with two attached hydrogens (primary N) is 1. The van der Waals surface area contributed by atoms with Crippen LogP contribution in [0.3, 0.4) is 0 Å². The molecule has 0 aliphatic rings. The summed E-state index contributed by atoms with van der Waals surface area (Å²) < 4.78 is 1.69. The van der Waals surface area contributed by atoms with Crippen LogP contribution in [0, 0.1) is 0 Å². The Morgan fingerprint density at radius 3 is 2.84 bits per heavy atom. The fourth-order valence-electron chi connectivity index (χ4n) is 1.94. The molecule has 0 saturated heterocycles. The molecule has 1 aromatic heterocycles. The molecule has 0 aliphatic heterocycles. The molecule has 100 valence electrons. The van der Waals surface area contributed by atoms with E-state index < -0.39 is 0 Å². The van der Waals surface area contributed by atoms with E-state index in [4.69, 9.17) is 5.73 Å². The summed E-state index contributed by atoms with van der Waals surface area (Å²) in [7, 11) is 1.59. The van der Waals surface area contributed by atoms with Gasteiger partial charge < -0.3 is 11.1 Å². The summed E-state index contributed by atoms with van der Waals surface area (Å²) in [5.41, 5.74) is 8.43. The number of carbonyl (C=O) groups excluding carboxylic acids is 1. The van der Waals surface area contributed by atoms with Crippen LogP contribution in [0.15, 0.2) is 36.5 Å².